The highest BCUT2D eigenvalue weighted by atomic mass is 35.5. The van der Waals surface area contributed by atoms with Crippen molar-refractivity contribution in [3.8, 4) is 11.5 Å². The van der Waals surface area contributed by atoms with E-state index in [1.54, 1.807) is 50.2 Å². The largest absolute Gasteiger partial charge is 0.490 e. The summed E-state index contributed by atoms with van der Waals surface area (Å²) in [5.41, 5.74) is 1.13. The number of benzene rings is 2. The lowest BCUT2D eigenvalue weighted by atomic mass is 10.1. The molecule has 29 heavy (non-hydrogen) atoms. The van der Waals surface area contributed by atoms with Crippen molar-refractivity contribution in [2.75, 3.05) is 6.61 Å². The molecule has 0 aromatic heterocycles. The van der Waals surface area contributed by atoms with E-state index in [9.17, 15) is 9.59 Å². The van der Waals surface area contributed by atoms with Gasteiger partial charge in [0.1, 0.15) is 0 Å². The molecule has 0 saturated carbocycles. The summed E-state index contributed by atoms with van der Waals surface area (Å²) in [7, 11) is 0. The Hall–Kier alpha value is -2.83. The number of hydrogen-bond acceptors (Lipinski definition) is 6. The van der Waals surface area contributed by atoms with Crippen molar-refractivity contribution in [2.45, 2.75) is 20.3 Å². The van der Waals surface area contributed by atoms with E-state index in [4.69, 9.17) is 37.4 Å². The number of carbonyl (C=O) groups is 2. The number of ether oxygens (including phenoxy) is 3. The fourth-order valence-corrected chi connectivity index (χ4v) is 3.01. The molecule has 0 radical (unpaired) electrons. The zero-order chi connectivity index (χ0) is 21.0. The lowest BCUT2D eigenvalue weighted by molar-refractivity contribution is -0.134. The van der Waals surface area contributed by atoms with Crippen molar-refractivity contribution >= 4 is 47.1 Å². The van der Waals surface area contributed by atoms with Gasteiger partial charge in [-0.25, -0.2) is 9.79 Å². The van der Waals surface area contributed by atoms with Crippen LogP contribution in [0, 0.1) is 0 Å². The van der Waals surface area contributed by atoms with E-state index < -0.39 is 11.9 Å². The normalized spacial score (nSPS) is 14.6. The summed E-state index contributed by atoms with van der Waals surface area (Å²) in [5.74, 6) is -0.508. The molecule has 150 valence electrons. The minimum atomic E-state index is -0.615. The third-order valence-corrected chi connectivity index (χ3v) is 4.47. The predicted molar refractivity (Wildman–Crippen MR) is 111 cm³/mol. The summed E-state index contributed by atoms with van der Waals surface area (Å²) < 4.78 is 16.0. The highest BCUT2D eigenvalue weighted by Crippen LogP contribution is 2.38. The van der Waals surface area contributed by atoms with Crippen molar-refractivity contribution in [3.05, 3.63) is 63.3 Å². The number of nitrogens with zero attached hydrogens (tertiary/aromatic N) is 1. The summed E-state index contributed by atoms with van der Waals surface area (Å²) in [5, 5.41) is 0.593. The third kappa shape index (κ3) is 4.78. The average Bonchev–Trinajstić information content (AvgIpc) is 3.05. The maximum atomic E-state index is 12.2. The Balaban J connectivity index is 1.98. The monoisotopic (exact) mass is 433 g/mol. The first-order valence-electron chi connectivity index (χ1n) is 8.87. The van der Waals surface area contributed by atoms with E-state index in [-0.39, 0.29) is 34.5 Å². The second-order valence-corrected chi connectivity index (χ2v) is 6.72. The summed E-state index contributed by atoms with van der Waals surface area (Å²) >= 11 is 12.4. The molecule has 2 aromatic rings. The fourth-order valence-electron chi connectivity index (χ4n) is 2.54. The molecule has 0 amide bonds. The number of hydrogen-bond donors (Lipinski definition) is 0. The van der Waals surface area contributed by atoms with Crippen LogP contribution < -0.4 is 9.47 Å². The van der Waals surface area contributed by atoms with Crippen LogP contribution in [-0.2, 0) is 14.3 Å². The second-order valence-electron chi connectivity index (χ2n) is 5.91. The van der Waals surface area contributed by atoms with Crippen molar-refractivity contribution in [2.24, 2.45) is 4.99 Å². The molecule has 0 unspecified atom stereocenters. The van der Waals surface area contributed by atoms with E-state index in [2.05, 4.69) is 4.99 Å². The molecule has 2 aromatic carbocycles. The molecular formula is C21H17Cl2NO5. The molecule has 0 N–H and O–H groups in total. The molecule has 1 aliphatic heterocycles. The predicted octanol–water partition coefficient (Wildman–Crippen LogP) is 5.05. The summed E-state index contributed by atoms with van der Waals surface area (Å²) in [4.78, 5) is 28.1. The first-order chi connectivity index (χ1) is 13.9. The number of rotatable bonds is 6. The molecular weight excluding hydrogens is 417 g/mol. The molecule has 0 fully saturated rings. The van der Waals surface area contributed by atoms with Crippen molar-refractivity contribution < 1.29 is 23.8 Å². The van der Waals surface area contributed by atoms with E-state index in [1.807, 2.05) is 0 Å². The van der Waals surface area contributed by atoms with Crippen molar-refractivity contribution in [1.29, 1.82) is 0 Å². The molecule has 0 bridgehead atoms. The highest BCUT2D eigenvalue weighted by molar-refractivity contribution is 6.34. The maximum absolute atomic E-state index is 12.2. The number of halogens is 2. The average molecular weight is 434 g/mol. The van der Waals surface area contributed by atoms with Crippen molar-refractivity contribution in [3.63, 3.8) is 0 Å². The Morgan fingerprint density at radius 1 is 1.17 bits per heavy atom. The molecule has 1 heterocycles. The Morgan fingerprint density at radius 3 is 2.62 bits per heavy atom. The van der Waals surface area contributed by atoms with Gasteiger partial charge in [0.2, 0.25) is 5.90 Å². The molecule has 0 saturated heterocycles. The standard InChI is InChI=1S/C21H17Cl2NO5/c1-3-18(25)28-19-15(23)9-12(11-17(19)27-4-2)10-16-21(26)29-20(24-16)13-7-5-6-8-14(13)22/h5-11H,3-4H2,1-2H3/b16-10-. The van der Waals surface area contributed by atoms with Gasteiger partial charge in [-0.2, -0.15) is 0 Å². The zero-order valence-electron chi connectivity index (χ0n) is 15.7. The lowest BCUT2D eigenvalue weighted by Crippen LogP contribution is -2.08. The topological polar surface area (TPSA) is 74.2 Å². The Bertz CT molecular complexity index is 1030. The SMILES string of the molecule is CCOc1cc(/C=C2\N=C(c3ccccc3Cl)OC2=O)cc(Cl)c1OC(=O)CC. The molecule has 8 heteroatoms. The quantitative estimate of drug-likeness (QED) is 0.361. The number of carbonyl (C=O) groups excluding carboxylic acids is 2. The number of esters is 2. The maximum Gasteiger partial charge on any atom is 0.363 e. The van der Waals surface area contributed by atoms with Crippen LogP contribution in [0.1, 0.15) is 31.4 Å². The van der Waals surface area contributed by atoms with Gasteiger partial charge in [0.25, 0.3) is 0 Å². The molecule has 1 aliphatic rings. The zero-order valence-corrected chi connectivity index (χ0v) is 17.2. The minimum absolute atomic E-state index is 0.0803. The summed E-state index contributed by atoms with van der Waals surface area (Å²) in [6.07, 6.45) is 1.70. The van der Waals surface area contributed by atoms with Gasteiger partial charge in [0.05, 0.1) is 22.2 Å². The number of cyclic esters (lactones) is 1. The van der Waals surface area contributed by atoms with Crippen LogP contribution in [0.4, 0.5) is 0 Å². The van der Waals surface area contributed by atoms with E-state index in [0.717, 1.165) is 0 Å². The minimum Gasteiger partial charge on any atom is -0.490 e. The summed E-state index contributed by atoms with van der Waals surface area (Å²) in [6, 6.07) is 10.1. The van der Waals surface area contributed by atoms with Crippen LogP contribution in [0.5, 0.6) is 11.5 Å². The van der Waals surface area contributed by atoms with Gasteiger partial charge >= 0.3 is 11.9 Å². The molecule has 0 atom stereocenters. The van der Waals surface area contributed by atoms with Gasteiger partial charge in [-0.05, 0) is 42.8 Å². The van der Waals surface area contributed by atoms with Crippen LogP contribution in [-0.4, -0.2) is 24.4 Å². The van der Waals surface area contributed by atoms with Crippen LogP contribution in [0.3, 0.4) is 0 Å². The Labute approximate surface area is 177 Å². The van der Waals surface area contributed by atoms with Gasteiger partial charge in [0, 0.05) is 6.42 Å². The van der Waals surface area contributed by atoms with Gasteiger partial charge in [0.15, 0.2) is 17.2 Å². The molecule has 3 rings (SSSR count). The van der Waals surface area contributed by atoms with Gasteiger partial charge in [-0.3, -0.25) is 4.79 Å². The first kappa shape index (κ1) is 20.9. The Morgan fingerprint density at radius 2 is 1.93 bits per heavy atom. The second kappa shape index (κ2) is 9.11. The van der Waals surface area contributed by atoms with Gasteiger partial charge in [-0.1, -0.05) is 42.3 Å². The third-order valence-electron chi connectivity index (χ3n) is 3.86. The van der Waals surface area contributed by atoms with Crippen LogP contribution in [0.2, 0.25) is 10.0 Å². The fraction of sp³-hybridized carbons (Fsp3) is 0.190. The van der Waals surface area contributed by atoms with Gasteiger partial charge in [-0.15, -0.1) is 0 Å². The Kier molecular flexibility index (Phi) is 6.56. The van der Waals surface area contributed by atoms with Gasteiger partial charge < -0.3 is 14.2 Å². The smallest absolute Gasteiger partial charge is 0.363 e. The van der Waals surface area contributed by atoms with Crippen LogP contribution in [0.25, 0.3) is 6.08 Å². The number of aliphatic imine (C=N–C) groups is 1. The van der Waals surface area contributed by atoms with Crippen LogP contribution >= 0.6 is 23.2 Å². The van der Waals surface area contributed by atoms with E-state index in [1.165, 1.54) is 6.08 Å². The highest BCUT2D eigenvalue weighted by Gasteiger charge is 2.26. The molecule has 6 nitrogen and oxygen atoms in total. The summed E-state index contributed by atoms with van der Waals surface area (Å²) in [6.45, 7) is 3.80. The van der Waals surface area contributed by atoms with E-state index in [0.29, 0.717) is 22.8 Å². The molecule has 0 spiro atoms. The van der Waals surface area contributed by atoms with Crippen LogP contribution in [0.15, 0.2) is 47.1 Å². The van der Waals surface area contributed by atoms with E-state index >= 15 is 0 Å². The first-order valence-corrected chi connectivity index (χ1v) is 9.63. The van der Waals surface area contributed by atoms with Crippen molar-refractivity contribution in [1.82, 2.24) is 0 Å². The molecule has 0 aliphatic carbocycles. The lowest BCUT2D eigenvalue weighted by Gasteiger charge is -2.13.